The fraction of sp³-hybridized carbons (Fsp3) is 0.162. The van der Waals surface area contributed by atoms with Crippen molar-refractivity contribution in [3.05, 3.63) is 157 Å². The molecule has 206 valence electrons. The van der Waals surface area contributed by atoms with E-state index < -0.39 is 6.15 Å². The van der Waals surface area contributed by atoms with Crippen LogP contribution in [0.15, 0.2) is 146 Å². The van der Waals surface area contributed by atoms with Crippen LogP contribution in [0.5, 0.6) is 0 Å². The molecule has 0 unspecified atom stereocenters. The number of aromatic nitrogens is 1. The molecule has 1 heterocycles. The van der Waals surface area contributed by atoms with E-state index in [-0.39, 0.29) is 18.1 Å². The first kappa shape index (κ1) is 29.4. The molecular weight excluding hydrogens is 501 g/mol. The van der Waals surface area contributed by atoms with Crippen LogP contribution >= 0.6 is 0 Å². The van der Waals surface area contributed by atoms with Gasteiger partial charge >= 0.3 is 0 Å². The van der Waals surface area contributed by atoms with Crippen LogP contribution in [-0.4, -0.2) is 17.7 Å². The van der Waals surface area contributed by atoms with Crippen LogP contribution in [0.4, 0.5) is 0 Å². The second kappa shape index (κ2) is 14.7. The van der Waals surface area contributed by atoms with E-state index in [0.29, 0.717) is 11.1 Å². The maximum absolute atomic E-state index is 11.9. The Morgan fingerprint density at radius 2 is 1.00 bits per heavy atom. The fourth-order valence-corrected chi connectivity index (χ4v) is 5.61. The van der Waals surface area contributed by atoms with Crippen molar-refractivity contribution in [2.45, 2.75) is 39.6 Å². The minimum absolute atomic E-state index is 0.0246. The maximum atomic E-state index is 11.9. The number of nitrogens with zero attached hydrogens (tertiary/aromatic N) is 1. The van der Waals surface area contributed by atoms with Gasteiger partial charge in [-0.15, -0.1) is 0 Å². The second-order valence-electron chi connectivity index (χ2n) is 10.5. The van der Waals surface area contributed by atoms with Crippen LogP contribution in [0.3, 0.4) is 0 Å². The summed E-state index contributed by atoms with van der Waals surface area (Å²) in [5.41, 5.74) is 5.68. The van der Waals surface area contributed by atoms with Gasteiger partial charge in [-0.3, -0.25) is 9.59 Å². The van der Waals surface area contributed by atoms with Gasteiger partial charge in [0.2, 0.25) is 12.3 Å². The number of unbranched alkanes of at least 4 members (excludes halogenated alkanes) is 1. The maximum Gasteiger partial charge on any atom is 0.227 e. The highest BCUT2D eigenvalue weighted by Crippen LogP contribution is 2.16. The lowest BCUT2D eigenvalue weighted by atomic mass is 9.14. The number of carbonyl (C=O) groups excluding carboxylic acids is 2. The average molecular weight is 540 g/mol. The number of hydrogen-bond acceptors (Lipinski definition) is 2. The first-order valence-electron chi connectivity index (χ1n) is 14.5. The van der Waals surface area contributed by atoms with Gasteiger partial charge in [0, 0.05) is 23.3 Å². The minimum Gasteiger partial charge on any atom is -0.295 e. The number of carbonyl (C=O) groups is 2. The number of ketones is 2. The summed E-state index contributed by atoms with van der Waals surface area (Å²) in [5.74, 6) is 0.0766. The second-order valence-corrected chi connectivity index (χ2v) is 10.5. The van der Waals surface area contributed by atoms with Crippen molar-refractivity contribution in [1.82, 2.24) is 0 Å². The molecule has 4 heteroatoms. The quantitative estimate of drug-likeness (QED) is 0.124. The first-order valence-corrected chi connectivity index (χ1v) is 14.5. The molecule has 0 amide bonds. The highest BCUT2D eigenvalue weighted by atomic mass is 16.1. The van der Waals surface area contributed by atoms with E-state index in [0.717, 1.165) is 0 Å². The van der Waals surface area contributed by atoms with Gasteiger partial charge in [0.05, 0.1) is 6.15 Å². The average Bonchev–Trinajstić information content (AvgIpc) is 3.04. The standard InChI is InChI=1S/C22H24B.C15H14NO2/c1-2-3-19-23(20-13-7-4-8-14-20,21-15-9-5-10-16-21)22-17-11-6-12-18-22;1-12(17)13-7-9-16(10-8-13)11-15(18)14-5-3-2-4-6-14/h4-18H,2-3,19H2,1H3;2-10H,11H2,1H3/q-1;+1. The molecule has 0 saturated carbocycles. The topological polar surface area (TPSA) is 38.0 Å². The Bertz CT molecular complexity index is 1410. The monoisotopic (exact) mass is 539 g/mol. The highest BCUT2D eigenvalue weighted by molar-refractivity contribution is 7.11. The fourth-order valence-electron chi connectivity index (χ4n) is 5.61. The van der Waals surface area contributed by atoms with Gasteiger partial charge < -0.3 is 0 Å². The van der Waals surface area contributed by atoms with Crippen molar-refractivity contribution >= 4 is 34.1 Å². The summed E-state index contributed by atoms with van der Waals surface area (Å²) in [4.78, 5) is 23.1. The molecule has 3 nitrogen and oxygen atoms in total. The van der Waals surface area contributed by atoms with E-state index in [2.05, 4.69) is 97.9 Å². The van der Waals surface area contributed by atoms with Gasteiger partial charge in [0.15, 0.2) is 18.2 Å². The SMILES string of the molecule is CC(=O)c1cc[n+](CC(=O)c2ccccc2)cc1.CCCC[B-](c1ccccc1)(c1ccccc1)c1ccccc1. The third-order valence-electron chi connectivity index (χ3n) is 7.82. The van der Waals surface area contributed by atoms with Gasteiger partial charge in [0.25, 0.3) is 0 Å². The molecule has 5 rings (SSSR count). The highest BCUT2D eigenvalue weighted by Gasteiger charge is 2.28. The van der Waals surface area contributed by atoms with Crippen LogP contribution in [0.1, 0.15) is 47.4 Å². The summed E-state index contributed by atoms with van der Waals surface area (Å²) in [6.45, 7) is 4.08. The number of hydrogen-bond donors (Lipinski definition) is 0. The van der Waals surface area contributed by atoms with E-state index in [9.17, 15) is 9.59 Å². The molecule has 0 saturated heterocycles. The molecule has 0 aliphatic rings. The zero-order valence-corrected chi connectivity index (χ0v) is 24.0. The van der Waals surface area contributed by atoms with Gasteiger partial charge in [-0.05, 0) is 6.92 Å². The van der Waals surface area contributed by atoms with Crippen molar-refractivity contribution in [2.75, 3.05) is 0 Å². The van der Waals surface area contributed by atoms with E-state index in [1.807, 2.05) is 18.2 Å². The molecular formula is C37H38BNO2. The Kier molecular flexibility index (Phi) is 10.6. The predicted octanol–water partition coefficient (Wildman–Crippen LogP) is 6.02. The van der Waals surface area contributed by atoms with E-state index in [4.69, 9.17) is 0 Å². The van der Waals surface area contributed by atoms with Crippen LogP contribution in [0.25, 0.3) is 0 Å². The Morgan fingerprint density at radius 3 is 1.39 bits per heavy atom. The third kappa shape index (κ3) is 7.55. The van der Waals surface area contributed by atoms with E-state index in [1.165, 1.54) is 42.5 Å². The van der Waals surface area contributed by atoms with Crippen molar-refractivity contribution in [3.8, 4) is 0 Å². The van der Waals surface area contributed by atoms with Crippen molar-refractivity contribution in [1.29, 1.82) is 0 Å². The van der Waals surface area contributed by atoms with Crippen molar-refractivity contribution in [3.63, 3.8) is 0 Å². The number of benzene rings is 4. The lowest BCUT2D eigenvalue weighted by Crippen LogP contribution is -2.66. The van der Waals surface area contributed by atoms with Crippen LogP contribution in [0.2, 0.25) is 6.32 Å². The lowest BCUT2D eigenvalue weighted by Gasteiger charge is -2.43. The molecule has 0 N–H and O–H groups in total. The molecule has 0 fully saturated rings. The molecule has 0 atom stereocenters. The molecule has 4 aromatic carbocycles. The summed E-state index contributed by atoms with van der Waals surface area (Å²) in [5, 5.41) is 0. The van der Waals surface area contributed by atoms with Gasteiger partial charge in [-0.1, -0.05) is 141 Å². The van der Waals surface area contributed by atoms with Crippen LogP contribution in [-0.2, 0) is 6.54 Å². The zero-order chi connectivity index (χ0) is 28.9. The van der Waals surface area contributed by atoms with Gasteiger partial charge in [-0.25, -0.2) is 0 Å². The molecule has 41 heavy (non-hydrogen) atoms. The van der Waals surface area contributed by atoms with Crippen LogP contribution in [0, 0.1) is 0 Å². The van der Waals surface area contributed by atoms with E-state index >= 15 is 0 Å². The molecule has 0 aliphatic carbocycles. The molecule has 0 radical (unpaired) electrons. The van der Waals surface area contributed by atoms with Crippen LogP contribution < -0.4 is 21.0 Å². The summed E-state index contributed by atoms with van der Waals surface area (Å²) < 4.78 is 1.77. The van der Waals surface area contributed by atoms with Gasteiger partial charge in [0.1, 0.15) is 0 Å². The smallest absolute Gasteiger partial charge is 0.227 e. The van der Waals surface area contributed by atoms with Crippen molar-refractivity contribution in [2.24, 2.45) is 0 Å². The Morgan fingerprint density at radius 1 is 0.585 bits per heavy atom. The zero-order valence-electron chi connectivity index (χ0n) is 24.0. The molecule has 0 aliphatic heterocycles. The predicted molar refractivity (Wildman–Crippen MR) is 171 cm³/mol. The third-order valence-corrected chi connectivity index (χ3v) is 7.82. The Hall–Kier alpha value is -4.57. The number of Topliss-reactive ketones (excluding diaryl/α,β-unsaturated/α-hetero) is 2. The largest absolute Gasteiger partial charge is 0.295 e. The lowest BCUT2D eigenvalue weighted by molar-refractivity contribution is -0.683. The first-order chi connectivity index (χ1) is 20.0. The molecule has 0 bridgehead atoms. The summed E-state index contributed by atoms with van der Waals surface area (Å²) in [6.07, 6.45) is 6.22. The minimum atomic E-state index is -0.913. The normalized spacial score (nSPS) is 10.8. The number of rotatable bonds is 10. The molecule has 1 aromatic heterocycles. The number of pyridine rings is 1. The summed E-state index contributed by atoms with van der Waals surface area (Å²) >= 11 is 0. The van der Waals surface area contributed by atoms with E-state index in [1.54, 1.807) is 41.2 Å². The molecule has 5 aromatic rings. The summed E-state index contributed by atoms with van der Waals surface area (Å²) in [6, 6.07) is 45.8. The van der Waals surface area contributed by atoms with Gasteiger partial charge in [-0.2, -0.15) is 27.3 Å². The van der Waals surface area contributed by atoms with Crippen molar-refractivity contribution < 1.29 is 14.2 Å². The summed E-state index contributed by atoms with van der Waals surface area (Å²) in [7, 11) is 0. The molecule has 0 spiro atoms. The Labute approximate surface area is 244 Å². The Balaban J connectivity index is 0.000000195.